The van der Waals surface area contributed by atoms with Crippen molar-refractivity contribution in [1.82, 2.24) is 4.90 Å². The Hall–Kier alpha value is -2.92. The van der Waals surface area contributed by atoms with E-state index >= 15 is 0 Å². The van der Waals surface area contributed by atoms with Crippen LogP contribution in [-0.2, 0) is 26.2 Å². The third kappa shape index (κ3) is 5.76. The average Bonchev–Trinajstić information content (AvgIpc) is 2.84. The first-order valence-electron chi connectivity index (χ1n) is 11.0. The normalized spacial score (nSPS) is 15.4. The Morgan fingerprint density at radius 2 is 1.82 bits per heavy atom. The van der Waals surface area contributed by atoms with Gasteiger partial charge in [-0.15, -0.1) is 0 Å². The quantitative estimate of drug-likeness (QED) is 0.480. The zero-order valence-corrected chi connectivity index (χ0v) is 21.2. The Bertz CT molecular complexity index is 1090. The van der Waals surface area contributed by atoms with Crippen LogP contribution in [0.3, 0.4) is 0 Å². The molecule has 8 heteroatoms. The van der Waals surface area contributed by atoms with Crippen LogP contribution in [0.1, 0.15) is 37.8 Å². The maximum atomic E-state index is 13.2. The number of nitriles is 1. The highest BCUT2D eigenvalue weighted by Gasteiger charge is 2.37. The molecule has 0 aliphatic carbocycles. The summed E-state index contributed by atoms with van der Waals surface area (Å²) in [7, 11) is 1.33. The molecule has 0 atom stereocenters. The van der Waals surface area contributed by atoms with E-state index in [1.54, 1.807) is 49.1 Å². The third-order valence-electron chi connectivity index (χ3n) is 6.43. The van der Waals surface area contributed by atoms with Gasteiger partial charge in [-0.1, -0.05) is 28.1 Å². The second-order valence-corrected chi connectivity index (χ2v) is 10.0. The Kier molecular flexibility index (Phi) is 7.98. The zero-order valence-electron chi connectivity index (χ0n) is 19.6. The number of rotatable bonds is 7. The number of amides is 1. The van der Waals surface area contributed by atoms with Gasteiger partial charge in [0.1, 0.15) is 11.6 Å². The number of nitrogens with zero attached hydrogens (tertiary/aromatic N) is 2. The molecule has 0 spiro atoms. The minimum atomic E-state index is -0.964. The number of halogens is 2. The monoisotopic (exact) mass is 530 g/mol. The number of hydrogen-bond acceptors (Lipinski definition) is 5. The van der Waals surface area contributed by atoms with E-state index in [2.05, 4.69) is 22.0 Å². The minimum Gasteiger partial charge on any atom is -0.483 e. The molecule has 0 aromatic heterocycles. The highest BCUT2D eigenvalue weighted by Crippen LogP contribution is 2.36. The molecule has 0 saturated carbocycles. The van der Waals surface area contributed by atoms with Crippen LogP contribution in [0.15, 0.2) is 46.9 Å². The molecule has 2 aromatic rings. The van der Waals surface area contributed by atoms with Crippen LogP contribution >= 0.6 is 15.9 Å². The van der Waals surface area contributed by atoms with Crippen LogP contribution in [0.2, 0.25) is 0 Å². The number of carbonyl (C=O) groups excluding carboxylic acids is 2. The van der Waals surface area contributed by atoms with Crippen LogP contribution in [-0.4, -0.2) is 43.6 Å². The van der Waals surface area contributed by atoms with Crippen LogP contribution in [0.5, 0.6) is 5.75 Å². The number of hydrogen-bond donors (Lipinski definition) is 0. The van der Waals surface area contributed by atoms with Crippen molar-refractivity contribution in [2.75, 3.05) is 26.8 Å². The van der Waals surface area contributed by atoms with Crippen molar-refractivity contribution in [3.05, 3.63) is 63.9 Å². The van der Waals surface area contributed by atoms with Crippen LogP contribution in [0, 0.1) is 22.6 Å². The number of esters is 1. The largest absolute Gasteiger partial charge is 0.483 e. The van der Waals surface area contributed by atoms with Gasteiger partial charge < -0.3 is 14.4 Å². The summed E-state index contributed by atoms with van der Waals surface area (Å²) in [5, 5.41) is 9.83. The number of ether oxygens (including phenoxy) is 2. The summed E-state index contributed by atoms with van der Waals surface area (Å²) in [5.41, 5.74) is -0.0294. The van der Waals surface area contributed by atoms with Gasteiger partial charge in [-0.25, -0.2) is 4.39 Å². The number of methoxy groups -OCH3 is 1. The van der Waals surface area contributed by atoms with Crippen molar-refractivity contribution in [3.8, 4) is 11.8 Å². The minimum absolute atomic E-state index is 0.177. The molecule has 1 amide bonds. The summed E-state index contributed by atoms with van der Waals surface area (Å²) < 4.78 is 24.8. The van der Waals surface area contributed by atoms with Crippen LogP contribution < -0.4 is 4.74 Å². The molecule has 180 valence electrons. The lowest BCUT2D eigenvalue weighted by atomic mass is 9.75. The summed E-state index contributed by atoms with van der Waals surface area (Å²) in [5.74, 6) is -0.462. The van der Waals surface area contributed by atoms with Crippen molar-refractivity contribution < 1.29 is 23.5 Å². The van der Waals surface area contributed by atoms with Gasteiger partial charge in [0.05, 0.1) is 24.0 Å². The molecular formula is C26H28BrFN2O4. The first-order chi connectivity index (χ1) is 16.1. The molecule has 1 aliphatic rings. The topological polar surface area (TPSA) is 79.6 Å². The maximum Gasteiger partial charge on any atom is 0.315 e. The lowest BCUT2D eigenvalue weighted by molar-refractivity contribution is -0.146. The molecule has 1 saturated heterocycles. The number of benzene rings is 2. The lowest BCUT2D eigenvalue weighted by Gasteiger charge is -2.37. The van der Waals surface area contributed by atoms with E-state index < -0.39 is 16.8 Å². The van der Waals surface area contributed by atoms with E-state index in [-0.39, 0.29) is 18.3 Å². The molecule has 1 aliphatic heterocycles. The fraction of sp³-hybridized carbons (Fsp3) is 0.423. The summed E-state index contributed by atoms with van der Waals surface area (Å²) in [6, 6.07) is 13.9. The van der Waals surface area contributed by atoms with Gasteiger partial charge in [0.25, 0.3) is 5.91 Å². The predicted octanol–water partition coefficient (Wildman–Crippen LogP) is 4.79. The highest BCUT2D eigenvalue weighted by atomic mass is 79.9. The highest BCUT2D eigenvalue weighted by molar-refractivity contribution is 9.10. The van der Waals surface area contributed by atoms with E-state index in [1.165, 1.54) is 19.2 Å². The lowest BCUT2D eigenvalue weighted by Crippen LogP contribution is -2.45. The third-order valence-corrected chi connectivity index (χ3v) is 6.92. The van der Waals surface area contributed by atoms with Gasteiger partial charge >= 0.3 is 5.97 Å². The van der Waals surface area contributed by atoms with Crippen LogP contribution in [0.25, 0.3) is 0 Å². The van der Waals surface area contributed by atoms with Gasteiger partial charge in [-0.05, 0) is 69.0 Å². The van der Waals surface area contributed by atoms with Gasteiger partial charge in [0.2, 0.25) is 0 Å². The molecule has 0 unspecified atom stereocenters. The van der Waals surface area contributed by atoms with Crippen molar-refractivity contribution in [3.63, 3.8) is 0 Å². The van der Waals surface area contributed by atoms with Crippen LogP contribution in [0.4, 0.5) is 4.39 Å². The first-order valence-corrected chi connectivity index (χ1v) is 11.8. The second kappa shape index (κ2) is 10.6. The molecular weight excluding hydrogens is 503 g/mol. The van der Waals surface area contributed by atoms with E-state index in [4.69, 9.17) is 9.47 Å². The molecule has 0 N–H and O–H groups in total. The Morgan fingerprint density at radius 1 is 1.18 bits per heavy atom. The molecule has 6 nitrogen and oxygen atoms in total. The Morgan fingerprint density at radius 3 is 2.41 bits per heavy atom. The number of piperidine rings is 1. The molecule has 1 heterocycles. The van der Waals surface area contributed by atoms with Crippen molar-refractivity contribution in [1.29, 1.82) is 5.26 Å². The summed E-state index contributed by atoms with van der Waals surface area (Å²) in [6.45, 7) is 4.18. The molecule has 1 fully saturated rings. The molecule has 0 bridgehead atoms. The van der Waals surface area contributed by atoms with Crippen molar-refractivity contribution >= 4 is 27.8 Å². The summed E-state index contributed by atoms with van der Waals surface area (Å²) in [4.78, 5) is 26.9. The molecule has 2 aromatic carbocycles. The fourth-order valence-corrected chi connectivity index (χ4v) is 4.58. The molecule has 34 heavy (non-hydrogen) atoms. The van der Waals surface area contributed by atoms with E-state index in [9.17, 15) is 19.2 Å². The Labute approximate surface area is 207 Å². The van der Waals surface area contributed by atoms with Crippen molar-refractivity contribution in [2.24, 2.45) is 5.41 Å². The van der Waals surface area contributed by atoms with Crippen molar-refractivity contribution in [2.45, 2.75) is 38.5 Å². The standard InChI is InChI=1S/C26H28BrFN2O4/c1-25(2,24(32)33-3)21-14-19(27)6-9-22(21)34-16-23(31)30-12-10-26(17-29,11-13-30)15-18-4-7-20(28)8-5-18/h4-9,14H,10-13,15-16H2,1-3H3. The summed E-state index contributed by atoms with van der Waals surface area (Å²) >= 11 is 3.42. The first kappa shape index (κ1) is 25.7. The Balaban J connectivity index is 1.63. The smallest absolute Gasteiger partial charge is 0.315 e. The van der Waals surface area contributed by atoms with Gasteiger partial charge in [-0.3, -0.25) is 9.59 Å². The maximum absolute atomic E-state index is 13.2. The van der Waals surface area contributed by atoms with Gasteiger partial charge in [-0.2, -0.15) is 5.26 Å². The van der Waals surface area contributed by atoms with Gasteiger partial charge in [0, 0.05) is 23.1 Å². The SMILES string of the molecule is COC(=O)C(C)(C)c1cc(Br)ccc1OCC(=O)N1CCC(C#N)(Cc2ccc(F)cc2)CC1. The second-order valence-electron chi connectivity index (χ2n) is 9.12. The van der Waals surface area contributed by atoms with E-state index in [0.717, 1.165) is 10.0 Å². The average molecular weight is 531 g/mol. The fourth-order valence-electron chi connectivity index (χ4n) is 4.22. The number of carbonyl (C=O) groups is 2. The molecule has 3 rings (SSSR count). The van der Waals surface area contributed by atoms with E-state index in [0.29, 0.717) is 43.7 Å². The van der Waals surface area contributed by atoms with Gasteiger partial charge in [0.15, 0.2) is 6.61 Å². The zero-order chi connectivity index (χ0) is 24.9. The van der Waals surface area contributed by atoms with E-state index in [1.807, 2.05) is 0 Å². The number of likely N-dealkylation sites (tertiary alicyclic amines) is 1. The molecule has 0 radical (unpaired) electrons. The predicted molar refractivity (Wildman–Crippen MR) is 129 cm³/mol. The summed E-state index contributed by atoms with van der Waals surface area (Å²) in [6.07, 6.45) is 1.59.